The van der Waals surface area contributed by atoms with Gasteiger partial charge >= 0.3 is 0 Å². The highest BCUT2D eigenvalue weighted by Gasteiger charge is 2.32. The van der Waals surface area contributed by atoms with Gasteiger partial charge in [0, 0.05) is 18.6 Å². The second-order valence-electron chi connectivity index (χ2n) is 14.6. The molecule has 0 spiro atoms. The Morgan fingerprint density at radius 2 is 1.31 bits per heavy atom. The van der Waals surface area contributed by atoms with Crippen molar-refractivity contribution in [2.24, 2.45) is 52.8 Å². The van der Waals surface area contributed by atoms with E-state index in [0.717, 1.165) is 35.5 Å². The van der Waals surface area contributed by atoms with Gasteiger partial charge in [0.1, 0.15) is 0 Å². The Bertz CT molecular complexity index is 586. The van der Waals surface area contributed by atoms with E-state index in [2.05, 4.69) is 113 Å². The largest absolute Gasteiger partial charge is 0.297 e. The van der Waals surface area contributed by atoms with E-state index in [9.17, 15) is 0 Å². The highest BCUT2D eigenvalue weighted by molar-refractivity contribution is 7.80. The highest BCUT2D eigenvalue weighted by atomic mass is 32.1. The summed E-state index contributed by atoms with van der Waals surface area (Å²) in [4.78, 5) is 2.90. The predicted molar refractivity (Wildman–Crippen MR) is 163 cm³/mol. The molecular formula is C33H65NS. The van der Waals surface area contributed by atoms with E-state index in [1.165, 1.54) is 45.1 Å². The van der Waals surface area contributed by atoms with Crippen molar-refractivity contribution in [2.75, 3.05) is 12.3 Å². The summed E-state index contributed by atoms with van der Waals surface area (Å²) in [5.74, 6) is 6.69. The molecule has 0 heterocycles. The Morgan fingerprint density at radius 1 is 0.771 bits per heavy atom. The molecule has 35 heavy (non-hydrogen) atoms. The number of rotatable bonds is 16. The molecule has 0 N–H and O–H groups in total. The van der Waals surface area contributed by atoms with Crippen LogP contribution in [-0.2, 0) is 0 Å². The molecule has 0 aromatic heterocycles. The van der Waals surface area contributed by atoms with Gasteiger partial charge in [-0.15, -0.1) is 0 Å². The van der Waals surface area contributed by atoms with Crippen LogP contribution < -0.4 is 0 Å². The van der Waals surface area contributed by atoms with Gasteiger partial charge in [0.2, 0.25) is 0 Å². The monoisotopic (exact) mass is 507 g/mol. The summed E-state index contributed by atoms with van der Waals surface area (Å²) in [6.45, 7) is 30.5. The lowest BCUT2D eigenvalue weighted by Crippen LogP contribution is -2.49. The summed E-state index contributed by atoms with van der Waals surface area (Å²) in [6, 6.07) is 1.53. The van der Waals surface area contributed by atoms with Crippen molar-refractivity contribution in [1.82, 2.24) is 4.90 Å². The van der Waals surface area contributed by atoms with Gasteiger partial charge in [0.25, 0.3) is 0 Å². The van der Waals surface area contributed by atoms with Crippen LogP contribution in [0.25, 0.3) is 0 Å². The van der Waals surface area contributed by atoms with Gasteiger partial charge < -0.3 is 0 Å². The molecule has 1 saturated carbocycles. The maximum Gasteiger partial charge on any atom is 0.00982 e. The van der Waals surface area contributed by atoms with Crippen LogP contribution in [0.15, 0.2) is 12.2 Å². The Balaban J connectivity index is 2.62. The fourth-order valence-corrected chi connectivity index (χ4v) is 6.62. The quantitative estimate of drug-likeness (QED) is 0.161. The van der Waals surface area contributed by atoms with E-state index in [1.807, 2.05) is 0 Å². The molecule has 1 aliphatic rings. The minimum atomic E-state index is 0.408. The van der Waals surface area contributed by atoms with E-state index in [4.69, 9.17) is 0 Å². The van der Waals surface area contributed by atoms with E-state index in [1.54, 1.807) is 0 Å². The number of thiol groups is 1. The molecule has 0 bridgehead atoms. The first-order chi connectivity index (χ1) is 16.2. The lowest BCUT2D eigenvalue weighted by Gasteiger charge is -2.45. The Labute approximate surface area is 228 Å². The van der Waals surface area contributed by atoms with Crippen LogP contribution in [0.5, 0.6) is 0 Å². The van der Waals surface area contributed by atoms with Gasteiger partial charge in [-0.2, -0.15) is 12.6 Å². The molecule has 0 radical (unpaired) electrons. The fourth-order valence-electron chi connectivity index (χ4n) is 6.38. The second kappa shape index (κ2) is 15.5. The molecule has 8 unspecified atom stereocenters. The number of hydrogen-bond acceptors (Lipinski definition) is 2. The molecule has 0 saturated heterocycles. The highest BCUT2D eigenvalue weighted by Crippen LogP contribution is 2.35. The molecule has 1 aliphatic carbocycles. The van der Waals surface area contributed by atoms with Crippen LogP contribution in [0.2, 0.25) is 0 Å². The third kappa shape index (κ3) is 12.0. The summed E-state index contributed by atoms with van der Waals surface area (Å²) in [5.41, 5.74) is 0.408. The van der Waals surface area contributed by atoms with Crippen molar-refractivity contribution in [3.63, 3.8) is 0 Å². The van der Waals surface area contributed by atoms with Crippen molar-refractivity contribution in [2.45, 2.75) is 134 Å². The topological polar surface area (TPSA) is 3.24 Å². The average molecular weight is 508 g/mol. The normalized spacial score (nSPS) is 22.6. The average Bonchev–Trinajstić information content (AvgIpc) is 2.69. The van der Waals surface area contributed by atoms with Crippen LogP contribution in [-0.4, -0.2) is 29.3 Å². The van der Waals surface area contributed by atoms with Crippen molar-refractivity contribution in [1.29, 1.82) is 0 Å². The lowest BCUT2D eigenvalue weighted by atomic mass is 9.78. The minimum Gasteiger partial charge on any atom is -0.297 e. The molecule has 0 aliphatic heterocycles. The van der Waals surface area contributed by atoms with Crippen LogP contribution >= 0.6 is 12.6 Å². The number of allylic oxidation sites excluding steroid dienone is 2. The third-order valence-corrected chi connectivity index (χ3v) is 9.90. The Kier molecular flexibility index (Phi) is 14.6. The van der Waals surface area contributed by atoms with Crippen LogP contribution in [0, 0.1) is 52.8 Å². The molecule has 0 amide bonds. The van der Waals surface area contributed by atoms with Crippen molar-refractivity contribution >= 4 is 12.6 Å². The zero-order chi connectivity index (χ0) is 26.9. The van der Waals surface area contributed by atoms with Crippen LogP contribution in [0.4, 0.5) is 0 Å². The molecule has 0 aromatic rings. The predicted octanol–water partition coefficient (Wildman–Crippen LogP) is 10.0. The molecule has 2 heteroatoms. The second-order valence-corrected chi connectivity index (χ2v) is 15.0. The molecule has 1 nitrogen and oxygen atoms in total. The number of hydrogen-bond donors (Lipinski definition) is 1. The first-order valence-corrected chi connectivity index (χ1v) is 15.8. The summed E-state index contributed by atoms with van der Waals surface area (Å²) < 4.78 is 0. The first-order valence-electron chi connectivity index (χ1n) is 15.2. The van der Waals surface area contributed by atoms with E-state index in [0.29, 0.717) is 35.1 Å². The van der Waals surface area contributed by atoms with Gasteiger partial charge in [0.15, 0.2) is 0 Å². The Morgan fingerprint density at radius 3 is 1.77 bits per heavy atom. The van der Waals surface area contributed by atoms with Crippen molar-refractivity contribution < 1.29 is 0 Å². The van der Waals surface area contributed by atoms with Gasteiger partial charge in [0.05, 0.1) is 0 Å². The molecule has 8 atom stereocenters. The SMILES string of the molecule is CC(/C=C/C(C(C)C)C(C)CS)CC(C)C(C)CC(C)C(C)CN(C(C)CC(C)(C)C)C1CCC1. The first kappa shape index (κ1) is 33.1. The molecule has 0 aromatic carbocycles. The summed E-state index contributed by atoms with van der Waals surface area (Å²) in [5, 5.41) is 0. The fraction of sp³-hybridized carbons (Fsp3) is 0.939. The molecule has 1 rings (SSSR count). The van der Waals surface area contributed by atoms with E-state index >= 15 is 0 Å². The van der Waals surface area contributed by atoms with Crippen molar-refractivity contribution in [3.8, 4) is 0 Å². The van der Waals surface area contributed by atoms with E-state index in [-0.39, 0.29) is 0 Å². The minimum absolute atomic E-state index is 0.408. The zero-order valence-corrected chi connectivity index (χ0v) is 26.9. The van der Waals surface area contributed by atoms with Crippen molar-refractivity contribution in [3.05, 3.63) is 12.2 Å². The molecule has 1 fully saturated rings. The Hall–Kier alpha value is 0.0500. The maximum atomic E-state index is 4.56. The third-order valence-electron chi connectivity index (χ3n) is 9.32. The molecule has 208 valence electrons. The summed E-state index contributed by atoms with van der Waals surface area (Å²) in [7, 11) is 0. The van der Waals surface area contributed by atoms with Gasteiger partial charge in [-0.1, -0.05) is 94.7 Å². The summed E-state index contributed by atoms with van der Waals surface area (Å²) >= 11 is 4.56. The lowest BCUT2D eigenvalue weighted by molar-refractivity contribution is 0.0424. The molecular weight excluding hydrogens is 442 g/mol. The van der Waals surface area contributed by atoms with Crippen LogP contribution in [0.3, 0.4) is 0 Å². The summed E-state index contributed by atoms with van der Waals surface area (Å²) in [6.07, 6.45) is 13.2. The van der Waals surface area contributed by atoms with Gasteiger partial charge in [-0.25, -0.2) is 0 Å². The van der Waals surface area contributed by atoms with Crippen LogP contribution in [0.1, 0.15) is 122 Å². The maximum absolute atomic E-state index is 4.56. The van der Waals surface area contributed by atoms with Gasteiger partial charge in [-0.05, 0) is 97.5 Å². The number of nitrogens with zero attached hydrogens (tertiary/aromatic N) is 1. The zero-order valence-electron chi connectivity index (χ0n) is 26.0. The smallest absolute Gasteiger partial charge is 0.00982 e. The standard InChI is InChI=1S/C33H65NS/c1-23(2)32(29(8)22-35)17-16-24(3)18-25(4)26(5)19-27(6)28(7)21-34(31-14-13-15-31)30(9)20-33(10,11)12/h16-17,23-32,35H,13-15,18-22H2,1-12H3/b17-16+. The van der Waals surface area contributed by atoms with Gasteiger partial charge in [-0.3, -0.25) is 4.90 Å². The van der Waals surface area contributed by atoms with E-state index < -0.39 is 0 Å².